The summed E-state index contributed by atoms with van der Waals surface area (Å²) in [6.45, 7) is 5.95. The fourth-order valence-electron chi connectivity index (χ4n) is 1.75. The Bertz CT molecular complexity index is 562. The maximum atomic E-state index is 8.79. The van der Waals surface area contributed by atoms with Crippen molar-refractivity contribution in [2.75, 3.05) is 6.54 Å². The van der Waals surface area contributed by atoms with Crippen molar-refractivity contribution in [3.8, 4) is 11.8 Å². The van der Waals surface area contributed by atoms with Gasteiger partial charge in [-0.05, 0) is 36.7 Å². The molecule has 0 aliphatic rings. The molecule has 5 heteroatoms. The summed E-state index contributed by atoms with van der Waals surface area (Å²) in [5.74, 6) is 1.47. The Morgan fingerprint density at radius 2 is 2.05 bits per heavy atom. The SMILES string of the molecule is CC(C)CNCc1ncnn1-c1ccc(C#N)cc1. The second-order valence-electron chi connectivity index (χ2n) is 4.77. The first-order valence-electron chi connectivity index (χ1n) is 6.31. The Kier molecular flexibility index (Phi) is 4.26. The molecule has 0 radical (unpaired) electrons. The lowest BCUT2D eigenvalue weighted by molar-refractivity contribution is 0.538. The van der Waals surface area contributed by atoms with Crippen LogP contribution in [0.5, 0.6) is 0 Å². The molecule has 1 aromatic carbocycles. The van der Waals surface area contributed by atoms with Gasteiger partial charge in [0.15, 0.2) is 0 Å². The van der Waals surface area contributed by atoms with E-state index in [1.807, 2.05) is 12.1 Å². The van der Waals surface area contributed by atoms with Gasteiger partial charge in [0.2, 0.25) is 0 Å². The largest absolute Gasteiger partial charge is 0.310 e. The van der Waals surface area contributed by atoms with Crippen LogP contribution in [-0.2, 0) is 6.54 Å². The van der Waals surface area contributed by atoms with Crippen LogP contribution < -0.4 is 5.32 Å². The minimum atomic E-state index is 0.603. The highest BCUT2D eigenvalue weighted by Gasteiger charge is 2.06. The minimum Gasteiger partial charge on any atom is -0.310 e. The Morgan fingerprint density at radius 1 is 1.32 bits per heavy atom. The van der Waals surface area contributed by atoms with E-state index in [-0.39, 0.29) is 0 Å². The zero-order valence-electron chi connectivity index (χ0n) is 11.2. The Hall–Kier alpha value is -2.19. The number of rotatable bonds is 5. The molecule has 0 fully saturated rings. The molecule has 0 amide bonds. The first kappa shape index (κ1) is 13.2. The third-order valence-corrected chi connectivity index (χ3v) is 2.70. The lowest BCUT2D eigenvalue weighted by Crippen LogP contribution is -2.21. The number of nitriles is 1. The maximum absolute atomic E-state index is 8.79. The van der Waals surface area contributed by atoms with Crippen molar-refractivity contribution in [2.24, 2.45) is 5.92 Å². The highest BCUT2D eigenvalue weighted by Crippen LogP contribution is 2.10. The van der Waals surface area contributed by atoms with Crippen LogP contribution >= 0.6 is 0 Å². The molecule has 2 aromatic rings. The smallest absolute Gasteiger partial charge is 0.146 e. The molecule has 0 spiro atoms. The summed E-state index contributed by atoms with van der Waals surface area (Å²) in [6.07, 6.45) is 1.55. The molecule has 5 nitrogen and oxygen atoms in total. The molecule has 0 aliphatic heterocycles. The van der Waals surface area contributed by atoms with Gasteiger partial charge in [0.05, 0.1) is 23.9 Å². The molecule has 2 rings (SSSR count). The van der Waals surface area contributed by atoms with Gasteiger partial charge in [-0.3, -0.25) is 0 Å². The van der Waals surface area contributed by atoms with Crippen LogP contribution in [-0.4, -0.2) is 21.3 Å². The zero-order valence-corrected chi connectivity index (χ0v) is 11.2. The van der Waals surface area contributed by atoms with E-state index in [4.69, 9.17) is 5.26 Å². The zero-order chi connectivity index (χ0) is 13.7. The molecular formula is C14H17N5. The van der Waals surface area contributed by atoms with Crippen LogP contribution in [0.25, 0.3) is 5.69 Å². The molecular weight excluding hydrogens is 238 g/mol. The average Bonchev–Trinajstić information content (AvgIpc) is 2.87. The van der Waals surface area contributed by atoms with E-state index in [2.05, 4.69) is 35.3 Å². The maximum Gasteiger partial charge on any atom is 0.146 e. The molecule has 98 valence electrons. The second kappa shape index (κ2) is 6.12. The van der Waals surface area contributed by atoms with E-state index < -0.39 is 0 Å². The van der Waals surface area contributed by atoms with E-state index in [1.54, 1.807) is 23.1 Å². The topological polar surface area (TPSA) is 66.5 Å². The van der Waals surface area contributed by atoms with Crippen LogP contribution in [0.15, 0.2) is 30.6 Å². The first-order chi connectivity index (χ1) is 9.20. The van der Waals surface area contributed by atoms with E-state index in [1.165, 1.54) is 0 Å². The van der Waals surface area contributed by atoms with Gasteiger partial charge in [0.25, 0.3) is 0 Å². The molecule has 0 aliphatic carbocycles. The van der Waals surface area contributed by atoms with Gasteiger partial charge >= 0.3 is 0 Å². The molecule has 0 saturated heterocycles. The third kappa shape index (κ3) is 3.39. The summed E-state index contributed by atoms with van der Waals surface area (Å²) in [6, 6.07) is 9.41. The molecule has 0 bridgehead atoms. The summed E-state index contributed by atoms with van der Waals surface area (Å²) < 4.78 is 1.79. The number of nitrogens with one attached hydrogen (secondary N) is 1. The molecule has 1 heterocycles. The molecule has 19 heavy (non-hydrogen) atoms. The van der Waals surface area contributed by atoms with Crippen LogP contribution in [0, 0.1) is 17.2 Å². The predicted molar refractivity (Wildman–Crippen MR) is 72.6 cm³/mol. The van der Waals surface area contributed by atoms with E-state index in [0.29, 0.717) is 18.0 Å². The fourth-order valence-corrected chi connectivity index (χ4v) is 1.75. The van der Waals surface area contributed by atoms with Crippen molar-refractivity contribution in [1.82, 2.24) is 20.1 Å². The van der Waals surface area contributed by atoms with E-state index in [9.17, 15) is 0 Å². The molecule has 0 atom stereocenters. The van der Waals surface area contributed by atoms with Gasteiger partial charge in [-0.25, -0.2) is 9.67 Å². The number of hydrogen-bond acceptors (Lipinski definition) is 4. The summed E-state index contributed by atoms with van der Waals surface area (Å²) in [7, 11) is 0. The van der Waals surface area contributed by atoms with Crippen molar-refractivity contribution >= 4 is 0 Å². The third-order valence-electron chi connectivity index (χ3n) is 2.70. The van der Waals surface area contributed by atoms with Crippen molar-refractivity contribution < 1.29 is 0 Å². The summed E-state index contributed by atoms with van der Waals surface area (Å²) in [5, 5.41) is 16.4. The summed E-state index contributed by atoms with van der Waals surface area (Å²) >= 11 is 0. The lowest BCUT2D eigenvalue weighted by Gasteiger charge is -2.08. The van der Waals surface area contributed by atoms with Crippen molar-refractivity contribution in [3.63, 3.8) is 0 Å². The first-order valence-corrected chi connectivity index (χ1v) is 6.31. The Morgan fingerprint density at radius 3 is 2.68 bits per heavy atom. The number of benzene rings is 1. The van der Waals surface area contributed by atoms with Crippen LogP contribution in [0.4, 0.5) is 0 Å². The fraction of sp³-hybridized carbons (Fsp3) is 0.357. The quantitative estimate of drug-likeness (QED) is 0.886. The monoisotopic (exact) mass is 255 g/mol. The van der Waals surface area contributed by atoms with Crippen molar-refractivity contribution in [2.45, 2.75) is 20.4 Å². The molecule has 1 N–H and O–H groups in total. The van der Waals surface area contributed by atoms with Gasteiger partial charge in [-0.15, -0.1) is 0 Å². The predicted octanol–water partition coefficient (Wildman–Crippen LogP) is 1.88. The number of aromatic nitrogens is 3. The van der Waals surface area contributed by atoms with Gasteiger partial charge in [0, 0.05) is 0 Å². The van der Waals surface area contributed by atoms with Gasteiger partial charge in [-0.1, -0.05) is 13.8 Å². The standard InChI is InChI=1S/C14H17N5/c1-11(2)8-16-9-14-17-10-18-19(14)13-5-3-12(7-15)4-6-13/h3-6,10-11,16H,8-9H2,1-2H3. The highest BCUT2D eigenvalue weighted by molar-refractivity contribution is 5.39. The molecule has 0 unspecified atom stereocenters. The van der Waals surface area contributed by atoms with Gasteiger partial charge in [0.1, 0.15) is 12.2 Å². The minimum absolute atomic E-state index is 0.603. The number of hydrogen-bond donors (Lipinski definition) is 1. The van der Waals surface area contributed by atoms with Gasteiger partial charge in [-0.2, -0.15) is 10.4 Å². The summed E-state index contributed by atoms with van der Waals surface area (Å²) in [5.41, 5.74) is 1.56. The Balaban J connectivity index is 2.12. The normalized spacial score (nSPS) is 10.6. The van der Waals surface area contributed by atoms with E-state index in [0.717, 1.165) is 18.1 Å². The van der Waals surface area contributed by atoms with E-state index >= 15 is 0 Å². The summed E-state index contributed by atoms with van der Waals surface area (Å²) in [4.78, 5) is 4.26. The van der Waals surface area contributed by atoms with Crippen molar-refractivity contribution in [1.29, 1.82) is 5.26 Å². The molecule has 0 saturated carbocycles. The van der Waals surface area contributed by atoms with Crippen molar-refractivity contribution in [3.05, 3.63) is 42.0 Å². The second-order valence-corrected chi connectivity index (χ2v) is 4.77. The van der Waals surface area contributed by atoms with Gasteiger partial charge < -0.3 is 5.32 Å². The van der Waals surface area contributed by atoms with Crippen LogP contribution in [0.2, 0.25) is 0 Å². The van der Waals surface area contributed by atoms with Crippen LogP contribution in [0.3, 0.4) is 0 Å². The lowest BCUT2D eigenvalue weighted by atomic mass is 10.2. The van der Waals surface area contributed by atoms with Crippen LogP contribution in [0.1, 0.15) is 25.2 Å². The number of nitrogens with zero attached hydrogens (tertiary/aromatic N) is 4. The molecule has 1 aromatic heterocycles. The highest BCUT2D eigenvalue weighted by atomic mass is 15.3. The average molecular weight is 255 g/mol. The Labute approximate surface area is 112 Å².